The van der Waals surface area contributed by atoms with E-state index in [1.165, 1.54) is 0 Å². The summed E-state index contributed by atoms with van der Waals surface area (Å²) < 4.78 is 32.9. The quantitative estimate of drug-likeness (QED) is 0.826. The Bertz CT molecular complexity index is 540. The lowest BCUT2D eigenvalue weighted by Crippen LogP contribution is -2.42. The fraction of sp³-hybridized carbons (Fsp3) is 0.600. The third-order valence-electron chi connectivity index (χ3n) is 3.38. The Kier molecular flexibility index (Phi) is 7.62. The first kappa shape index (κ1) is 19.2. The Morgan fingerprint density at radius 3 is 2.36 bits per heavy atom. The van der Waals surface area contributed by atoms with Crippen LogP contribution >= 0.6 is 12.4 Å². The van der Waals surface area contributed by atoms with Crippen LogP contribution in [0.5, 0.6) is 5.75 Å². The van der Waals surface area contributed by atoms with Crippen LogP contribution in [0.2, 0.25) is 0 Å². The largest absolute Gasteiger partial charge is 0.493 e. The maximum absolute atomic E-state index is 12.3. The molecule has 0 aromatic heterocycles. The van der Waals surface area contributed by atoms with E-state index in [-0.39, 0.29) is 23.3 Å². The molecular weight excluding hydrogens is 324 g/mol. The minimum atomic E-state index is -3.44. The third kappa shape index (κ3) is 5.76. The topological polar surface area (TPSA) is 67.4 Å². The van der Waals surface area contributed by atoms with E-state index in [0.717, 1.165) is 25.9 Å². The number of ether oxygens (including phenoxy) is 1. The molecule has 1 aromatic rings. The summed E-state index contributed by atoms with van der Waals surface area (Å²) in [5.41, 5.74) is 0. The zero-order valence-electron chi connectivity index (χ0n) is 13.0. The van der Waals surface area contributed by atoms with E-state index in [1.54, 1.807) is 24.3 Å². The highest BCUT2D eigenvalue weighted by molar-refractivity contribution is 7.89. The van der Waals surface area contributed by atoms with Gasteiger partial charge >= 0.3 is 0 Å². The van der Waals surface area contributed by atoms with Gasteiger partial charge in [-0.25, -0.2) is 13.1 Å². The lowest BCUT2D eigenvalue weighted by molar-refractivity contribution is 0.271. The van der Waals surface area contributed by atoms with Gasteiger partial charge < -0.3 is 10.1 Å². The zero-order chi connectivity index (χ0) is 15.3. The van der Waals surface area contributed by atoms with Crippen LogP contribution in [0.1, 0.15) is 26.7 Å². The molecule has 0 aliphatic carbocycles. The van der Waals surface area contributed by atoms with Gasteiger partial charge in [0.2, 0.25) is 10.0 Å². The van der Waals surface area contributed by atoms with Crippen LogP contribution in [0.25, 0.3) is 0 Å². The van der Waals surface area contributed by atoms with E-state index in [9.17, 15) is 8.42 Å². The molecule has 0 unspecified atom stereocenters. The smallest absolute Gasteiger partial charge is 0.240 e. The van der Waals surface area contributed by atoms with Crippen LogP contribution in [0.15, 0.2) is 29.2 Å². The van der Waals surface area contributed by atoms with Crippen molar-refractivity contribution in [3.8, 4) is 5.75 Å². The second-order valence-corrected chi connectivity index (χ2v) is 7.54. The van der Waals surface area contributed by atoms with Crippen molar-refractivity contribution in [2.24, 2.45) is 5.92 Å². The highest BCUT2D eigenvalue weighted by Gasteiger charge is 2.21. The number of benzene rings is 1. The number of sulfonamides is 1. The van der Waals surface area contributed by atoms with E-state index in [2.05, 4.69) is 23.9 Å². The fourth-order valence-electron chi connectivity index (χ4n) is 2.21. The Balaban J connectivity index is 0.00000242. The van der Waals surface area contributed by atoms with Crippen LogP contribution in [-0.2, 0) is 10.0 Å². The lowest BCUT2D eigenvalue weighted by Gasteiger charge is -2.23. The van der Waals surface area contributed by atoms with Gasteiger partial charge in [-0.2, -0.15) is 0 Å². The van der Waals surface area contributed by atoms with Crippen LogP contribution < -0.4 is 14.8 Å². The van der Waals surface area contributed by atoms with E-state index in [0.29, 0.717) is 18.3 Å². The zero-order valence-corrected chi connectivity index (χ0v) is 14.7. The number of hydrogen-bond acceptors (Lipinski definition) is 4. The molecule has 2 N–H and O–H groups in total. The highest BCUT2D eigenvalue weighted by Crippen LogP contribution is 2.17. The molecule has 1 fully saturated rings. The minimum Gasteiger partial charge on any atom is -0.493 e. The molecule has 22 heavy (non-hydrogen) atoms. The normalized spacial score (nSPS) is 16.3. The average Bonchev–Trinajstić information content (AvgIpc) is 2.46. The Morgan fingerprint density at radius 1 is 1.23 bits per heavy atom. The van der Waals surface area contributed by atoms with Gasteiger partial charge in [-0.3, -0.25) is 0 Å². The summed E-state index contributed by atoms with van der Waals surface area (Å²) in [6.45, 7) is 6.48. The number of halogens is 1. The molecule has 2 rings (SSSR count). The van der Waals surface area contributed by atoms with Gasteiger partial charge in [-0.1, -0.05) is 13.8 Å². The molecule has 1 heterocycles. The minimum absolute atomic E-state index is 0. The maximum Gasteiger partial charge on any atom is 0.240 e. The molecule has 0 bridgehead atoms. The van der Waals surface area contributed by atoms with Gasteiger partial charge in [0.1, 0.15) is 5.75 Å². The first-order valence-corrected chi connectivity index (χ1v) is 8.91. The summed E-state index contributed by atoms with van der Waals surface area (Å²) in [4.78, 5) is 0.290. The van der Waals surface area contributed by atoms with Crippen molar-refractivity contribution in [3.63, 3.8) is 0 Å². The molecule has 0 amide bonds. The molecule has 126 valence electrons. The summed E-state index contributed by atoms with van der Waals surface area (Å²) in [5.74, 6) is 1.14. The molecule has 1 aliphatic rings. The van der Waals surface area contributed by atoms with E-state index in [4.69, 9.17) is 4.74 Å². The Hall–Kier alpha value is -0.820. The van der Waals surface area contributed by atoms with Crippen molar-refractivity contribution in [2.75, 3.05) is 19.7 Å². The standard InChI is InChI=1S/C15H24N2O3S.ClH/c1-12(2)11-20-14-3-5-15(6-4-14)21(18,19)17-13-7-9-16-10-8-13;/h3-6,12-13,16-17H,7-11H2,1-2H3;1H. The van der Waals surface area contributed by atoms with Crippen molar-refractivity contribution >= 4 is 22.4 Å². The van der Waals surface area contributed by atoms with Gasteiger partial charge in [-0.15, -0.1) is 12.4 Å². The molecule has 1 aliphatic heterocycles. The molecular formula is C15H25ClN2O3S. The Labute approximate surface area is 139 Å². The summed E-state index contributed by atoms with van der Waals surface area (Å²) in [7, 11) is -3.44. The first-order valence-electron chi connectivity index (χ1n) is 7.43. The van der Waals surface area contributed by atoms with Crippen molar-refractivity contribution in [1.82, 2.24) is 10.0 Å². The maximum atomic E-state index is 12.3. The first-order chi connectivity index (χ1) is 9.97. The summed E-state index contributed by atoms with van der Waals surface area (Å²) >= 11 is 0. The summed E-state index contributed by atoms with van der Waals surface area (Å²) in [6.07, 6.45) is 1.66. The molecule has 0 spiro atoms. The molecule has 7 heteroatoms. The van der Waals surface area contributed by atoms with Gasteiger partial charge in [-0.05, 0) is 56.1 Å². The van der Waals surface area contributed by atoms with Crippen molar-refractivity contribution < 1.29 is 13.2 Å². The van der Waals surface area contributed by atoms with Gasteiger partial charge in [0.15, 0.2) is 0 Å². The number of rotatable bonds is 6. The third-order valence-corrected chi connectivity index (χ3v) is 4.91. The van der Waals surface area contributed by atoms with E-state index in [1.807, 2.05) is 0 Å². The molecule has 0 atom stereocenters. The van der Waals surface area contributed by atoms with Crippen molar-refractivity contribution in [3.05, 3.63) is 24.3 Å². The predicted octanol–water partition coefficient (Wildman–Crippen LogP) is 2.17. The van der Waals surface area contributed by atoms with Crippen LogP contribution in [0, 0.1) is 5.92 Å². The van der Waals surface area contributed by atoms with Crippen molar-refractivity contribution in [1.29, 1.82) is 0 Å². The monoisotopic (exact) mass is 348 g/mol. The summed E-state index contributed by atoms with van der Waals surface area (Å²) in [5, 5.41) is 3.22. The molecule has 0 radical (unpaired) electrons. The molecule has 5 nitrogen and oxygen atoms in total. The molecule has 1 aromatic carbocycles. The van der Waals surface area contributed by atoms with Crippen molar-refractivity contribution in [2.45, 2.75) is 37.6 Å². The van der Waals surface area contributed by atoms with Gasteiger partial charge in [0.05, 0.1) is 11.5 Å². The predicted molar refractivity (Wildman–Crippen MR) is 90.2 cm³/mol. The second-order valence-electron chi connectivity index (χ2n) is 5.82. The average molecular weight is 349 g/mol. The lowest BCUT2D eigenvalue weighted by atomic mass is 10.1. The number of nitrogens with one attached hydrogen (secondary N) is 2. The summed E-state index contributed by atoms with van der Waals surface area (Å²) in [6, 6.07) is 6.63. The number of piperidine rings is 1. The van der Waals surface area contributed by atoms with Gasteiger partial charge in [0, 0.05) is 6.04 Å². The SMILES string of the molecule is CC(C)COc1ccc(S(=O)(=O)NC2CCNCC2)cc1.Cl. The van der Waals surface area contributed by atoms with Crippen LogP contribution in [0.4, 0.5) is 0 Å². The molecule has 1 saturated heterocycles. The van der Waals surface area contributed by atoms with E-state index >= 15 is 0 Å². The fourth-order valence-corrected chi connectivity index (χ4v) is 3.51. The van der Waals surface area contributed by atoms with E-state index < -0.39 is 10.0 Å². The molecule has 0 saturated carbocycles. The van der Waals surface area contributed by atoms with Crippen LogP contribution in [-0.4, -0.2) is 34.2 Å². The van der Waals surface area contributed by atoms with Crippen LogP contribution in [0.3, 0.4) is 0 Å². The Morgan fingerprint density at radius 2 is 1.82 bits per heavy atom. The number of hydrogen-bond donors (Lipinski definition) is 2. The second kappa shape index (κ2) is 8.72. The highest BCUT2D eigenvalue weighted by atomic mass is 35.5. The van der Waals surface area contributed by atoms with Gasteiger partial charge in [0.25, 0.3) is 0 Å².